The molecular formula is C11H20Cl2N4S. The van der Waals surface area contributed by atoms with Crippen LogP contribution in [0.5, 0.6) is 0 Å². The summed E-state index contributed by atoms with van der Waals surface area (Å²) in [5.74, 6) is 0.907. The Morgan fingerprint density at radius 3 is 2.39 bits per heavy atom. The summed E-state index contributed by atoms with van der Waals surface area (Å²) in [6.07, 6.45) is 0. The van der Waals surface area contributed by atoms with Gasteiger partial charge in [-0.15, -0.1) is 24.8 Å². The van der Waals surface area contributed by atoms with Crippen LogP contribution in [-0.2, 0) is 13.1 Å². The second kappa shape index (κ2) is 10.5. The van der Waals surface area contributed by atoms with Gasteiger partial charge in [0.25, 0.3) is 0 Å². The Morgan fingerprint density at radius 1 is 1.22 bits per heavy atom. The first kappa shape index (κ1) is 19.9. The lowest BCUT2D eigenvalue weighted by Crippen LogP contribution is -2.09. The Labute approximate surface area is 125 Å². The van der Waals surface area contributed by atoms with Crippen molar-refractivity contribution in [2.24, 2.45) is 22.2 Å². The minimum atomic E-state index is 0. The topological polar surface area (TPSA) is 90.4 Å². The molecule has 0 atom stereocenters. The smallest absolute Gasteiger partial charge is 0.159 e. The van der Waals surface area contributed by atoms with Gasteiger partial charge in [-0.3, -0.25) is 0 Å². The minimum Gasteiger partial charge on any atom is -0.378 e. The van der Waals surface area contributed by atoms with Crippen molar-refractivity contribution in [2.45, 2.75) is 20.0 Å². The first-order valence-electron chi connectivity index (χ1n) is 5.20. The highest BCUT2D eigenvalue weighted by atomic mass is 35.5. The molecule has 0 amide bonds. The van der Waals surface area contributed by atoms with Crippen LogP contribution in [0.3, 0.4) is 0 Å². The summed E-state index contributed by atoms with van der Waals surface area (Å²) < 4.78 is 0. The Kier molecular flexibility index (Phi) is 11.5. The summed E-state index contributed by atoms with van der Waals surface area (Å²) in [7, 11) is 0. The second-order valence-corrected chi connectivity index (χ2v) is 4.49. The predicted octanol–water partition coefficient (Wildman–Crippen LogP) is 2.15. The van der Waals surface area contributed by atoms with E-state index in [2.05, 4.69) is 4.99 Å². The molecule has 0 bridgehead atoms. The van der Waals surface area contributed by atoms with Crippen LogP contribution in [0.1, 0.15) is 18.1 Å². The summed E-state index contributed by atoms with van der Waals surface area (Å²) >= 11 is 1.51. The van der Waals surface area contributed by atoms with E-state index in [1.165, 1.54) is 11.8 Å². The first-order valence-corrected chi connectivity index (χ1v) is 6.19. The average molecular weight is 311 g/mol. The van der Waals surface area contributed by atoms with Crippen LogP contribution in [0.4, 0.5) is 5.69 Å². The molecule has 0 aromatic heterocycles. The second-order valence-electron chi connectivity index (χ2n) is 3.21. The highest BCUT2D eigenvalue weighted by Gasteiger charge is 2.05. The maximum Gasteiger partial charge on any atom is 0.159 e. The van der Waals surface area contributed by atoms with Gasteiger partial charge in [0, 0.05) is 13.1 Å². The molecule has 0 saturated heterocycles. The largest absolute Gasteiger partial charge is 0.378 e. The van der Waals surface area contributed by atoms with Gasteiger partial charge in [-0.25, -0.2) is 4.99 Å². The number of amidine groups is 1. The molecule has 0 aliphatic carbocycles. The van der Waals surface area contributed by atoms with Crippen LogP contribution in [0.15, 0.2) is 23.2 Å². The molecule has 6 N–H and O–H groups in total. The number of halogens is 2. The Bertz CT molecular complexity index is 385. The number of benzene rings is 1. The average Bonchev–Trinajstić information content (AvgIpc) is 2.29. The number of hydrogen-bond donors (Lipinski definition) is 3. The molecule has 1 aromatic rings. The zero-order valence-electron chi connectivity index (χ0n) is 10.3. The predicted molar refractivity (Wildman–Crippen MR) is 86.1 cm³/mol. The Hall–Kier alpha value is -0.460. The highest BCUT2D eigenvalue weighted by molar-refractivity contribution is 8.13. The Balaban J connectivity index is 0. The fraction of sp³-hybridized carbons (Fsp3) is 0.364. The molecule has 7 heteroatoms. The minimum absolute atomic E-state index is 0. The molecule has 104 valence electrons. The lowest BCUT2D eigenvalue weighted by molar-refractivity contribution is 0.978. The molecule has 0 aliphatic rings. The lowest BCUT2D eigenvalue weighted by Gasteiger charge is -2.09. The fourth-order valence-electron chi connectivity index (χ4n) is 1.45. The molecular weight excluding hydrogens is 291 g/mol. The van der Waals surface area contributed by atoms with Crippen LogP contribution in [-0.4, -0.2) is 10.9 Å². The summed E-state index contributed by atoms with van der Waals surface area (Å²) in [5.41, 5.74) is 19.9. The number of nitrogens with two attached hydrogens (primary N) is 3. The van der Waals surface area contributed by atoms with E-state index in [9.17, 15) is 0 Å². The molecule has 0 spiro atoms. The number of hydrogen-bond acceptors (Lipinski definition) is 4. The highest BCUT2D eigenvalue weighted by Crippen LogP contribution is 2.23. The third-order valence-corrected chi connectivity index (χ3v) is 2.87. The Morgan fingerprint density at radius 2 is 1.89 bits per heavy atom. The van der Waals surface area contributed by atoms with Crippen molar-refractivity contribution in [3.05, 3.63) is 29.3 Å². The van der Waals surface area contributed by atoms with Gasteiger partial charge in [-0.05, 0) is 22.9 Å². The van der Waals surface area contributed by atoms with E-state index in [0.29, 0.717) is 18.3 Å². The lowest BCUT2D eigenvalue weighted by atomic mass is 10.1. The van der Waals surface area contributed by atoms with Crippen LogP contribution in [0.25, 0.3) is 0 Å². The quantitative estimate of drug-likeness (QED) is 0.587. The van der Waals surface area contributed by atoms with E-state index in [0.717, 1.165) is 22.6 Å². The van der Waals surface area contributed by atoms with E-state index < -0.39 is 0 Å². The molecule has 4 nitrogen and oxygen atoms in total. The third kappa shape index (κ3) is 5.46. The van der Waals surface area contributed by atoms with E-state index in [1.807, 2.05) is 25.1 Å². The van der Waals surface area contributed by atoms with Crippen LogP contribution in [0, 0.1) is 0 Å². The summed E-state index contributed by atoms with van der Waals surface area (Å²) in [6.45, 7) is 2.93. The molecule has 0 aliphatic heterocycles. The molecule has 0 fully saturated rings. The third-order valence-electron chi connectivity index (χ3n) is 2.20. The van der Waals surface area contributed by atoms with Crippen molar-refractivity contribution in [1.29, 1.82) is 0 Å². The zero-order valence-corrected chi connectivity index (χ0v) is 12.7. The molecule has 0 heterocycles. The fourth-order valence-corrected chi connectivity index (χ4v) is 1.91. The molecule has 1 rings (SSSR count). The number of aliphatic imine (C=N–C) groups is 1. The first-order chi connectivity index (χ1) is 7.72. The van der Waals surface area contributed by atoms with Crippen molar-refractivity contribution >= 4 is 47.4 Å². The number of nitrogens with zero attached hydrogens (tertiary/aromatic N) is 1. The van der Waals surface area contributed by atoms with Gasteiger partial charge >= 0.3 is 0 Å². The van der Waals surface area contributed by atoms with Crippen LogP contribution >= 0.6 is 36.6 Å². The summed E-state index contributed by atoms with van der Waals surface area (Å²) in [5, 5.41) is 0.561. The maximum absolute atomic E-state index is 5.77. The van der Waals surface area contributed by atoms with Gasteiger partial charge in [0.2, 0.25) is 0 Å². The molecule has 1 aromatic carbocycles. The van der Waals surface area contributed by atoms with E-state index >= 15 is 0 Å². The normalized spacial score (nSPS) is 10.5. The van der Waals surface area contributed by atoms with E-state index in [-0.39, 0.29) is 24.8 Å². The standard InChI is InChI=1S/C11H18N4S.2ClH/c1-2-16-11(14)15-10-5-3-4-8(6-12)9(10)7-13;;/h3-5H,2,6-7,12-13H2,1H3,(H2,14,15);2*1H. The summed E-state index contributed by atoms with van der Waals surface area (Å²) in [6, 6.07) is 5.79. The van der Waals surface area contributed by atoms with Gasteiger partial charge in [0.1, 0.15) is 0 Å². The van der Waals surface area contributed by atoms with Gasteiger partial charge in [-0.1, -0.05) is 30.8 Å². The maximum atomic E-state index is 5.77. The van der Waals surface area contributed by atoms with E-state index in [4.69, 9.17) is 17.2 Å². The molecule has 0 radical (unpaired) electrons. The van der Waals surface area contributed by atoms with E-state index in [1.54, 1.807) is 0 Å². The van der Waals surface area contributed by atoms with Crippen LogP contribution < -0.4 is 17.2 Å². The van der Waals surface area contributed by atoms with Crippen molar-refractivity contribution in [3.63, 3.8) is 0 Å². The van der Waals surface area contributed by atoms with Crippen LogP contribution in [0.2, 0.25) is 0 Å². The van der Waals surface area contributed by atoms with Gasteiger partial charge < -0.3 is 17.2 Å². The summed E-state index contributed by atoms with van der Waals surface area (Å²) in [4.78, 5) is 4.35. The monoisotopic (exact) mass is 310 g/mol. The van der Waals surface area contributed by atoms with Gasteiger partial charge in [0.15, 0.2) is 5.17 Å². The number of rotatable bonds is 4. The van der Waals surface area contributed by atoms with Gasteiger partial charge in [-0.2, -0.15) is 0 Å². The SMILES string of the molecule is CCSC(N)=Nc1cccc(CN)c1CN.Cl.Cl. The molecule has 0 saturated carbocycles. The van der Waals surface area contributed by atoms with Crippen molar-refractivity contribution < 1.29 is 0 Å². The zero-order chi connectivity index (χ0) is 12.0. The molecule has 18 heavy (non-hydrogen) atoms. The van der Waals surface area contributed by atoms with Gasteiger partial charge in [0.05, 0.1) is 5.69 Å². The van der Waals surface area contributed by atoms with Crippen molar-refractivity contribution in [3.8, 4) is 0 Å². The van der Waals surface area contributed by atoms with Crippen molar-refractivity contribution in [1.82, 2.24) is 0 Å². The molecule has 0 unspecified atom stereocenters. The van der Waals surface area contributed by atoms with Crippen molar-refractivity contribution in [2.75, 3.05) is 5.75 Å². The number of thioether (sulfide) groups is 1.